The van der Waals surface area contributed by atoms with Crippen molar-refractivity contribution in [2.75, 3.05) is 13.7 Å². The van der Waals surface area contributed by atoms with Gasteiger partial charge in [0.2, 0.25) is 0 Å². The Bertz CT molecular complexity index is 331. The van der Waals surface area contributed by atoms with Crippen molar-refractivity contribution in [2.45, 2.75) is 128 Å². The van der Waals surface area contributed by atoms with E-state index in [9.17, 15) is 0 Å². The van der Waals surface area contributed by atoms with Gasteiger partial charge in [0, 0.05) is 13.7 Å². The fourth-order valence-electron chi connectivity index (χ4n) is 7.56. The van der Waals surface area contributed by atoms with Gasteiger partial charge in [-0.25, -0.2) is 0 Å². The van der Waals surface area contributed by atoms with Crippen molar-refractivity contribution in [3.05, 3.63) is 0 Å². The summed E-state index contributed by atoms with van der Waals surface area (Å²) in [5.74, 6) is 3.29. The molecule has 0 unspecified atom stereocenters. The van der Waals surface area contributed by atoms with Crippen molar-refractivity contribution in [3.63, 3.8) is 0 Å². The van der Waals surface area contributed by atoms with Crippen molar-refractivity contribution in [2.24, 2.45) is 23.2 Å². The molecule has 0 aromatic rings. The molecule has 3 rings (SSSR count). The fraction of sp³-hybridized carbons (Fsp3) is 1.00. The van der Waals surface area contributed by atoms with Crippen molar-refractivity contribution >= 4 is 0 Å². The van der Waals surface area contributed by atoms with E-state index in [0.29, 0.717) is 0 Å². The lowest BCUT2D eigenvalue weighted by Gasteiger charge is -2.49. The maximum atomic E-state index is 5.17. The smallest absolute Gasteiger partial charge is 0.0462 e. The number of rotatable bonds is 13. The van der Waals surface area contributed by atoms with Gasteiger partial charge in [-0.2, -0.15) is 0 Å². The monoisotopic (exact) mass is 376 g/mol. The number of unbranched alkanes of at least 4 members (excludes halogenated alkanes) is 6. The first-order valence-electron chi connectivity index (χ1n) is 12.9. The van der Waals surface area contributed by atoms with E-state index in [0.717, 1.165) is 29.8 Å². The molecule has 3 saturated carbocycles. The Kier molecular flexibility index (Phi) is 9.50. The zero-order chi connectivity index (χ0) is 18.8. The molecule has 0 saturated heterocycles. The van der Waals surface area contributed by atoms with E-state index in [1.165, 1.54) is 83.5 Å². The molecule has 0 aromatic heterocycles. The summed E-state index contributed by atoms with van der Waals surface area (Å²) in [6.07, 6.45) is 30.3. The minimum atomic E-state index is 0.766. The predicted octanol–water partition coefficient (Wildman–Crippen LogP) is 8.31. The highest BCUT2D eigenvalue weighted by molar-refractivity contribution is 5.00. The maximum absolute atomic E-state index is 5.17. The Morgan fingerprint density at radius 3 is 1.33 bits per heavy atom. The van der Waals surface area contributed by atoms with Crippen LogP contribution in [0.1, 0.15) is 128 Å². The molecule has 0 amide bonds. The average Bonchev–Trinajstić information content (AvgIpc) is 3.46. The Labute approximate surface area is 170 Å². The Morgan fingerprint density at radius 2 is 0.926 bits per heavy atom. The van der Waals surface area contributed by atoms with Crippen LogP contribution in [0.2, 0.25) is 0 Å². The molecule has 1 nitrogen and oxygen atoms in total. The average molecular weight is 377 g/mol. The van der Waals surface area contributed by atoms with Gasteiger partial charge in [0.1, 0.15) is 0 Å². The highest BCUT2D eigenvalue weighted by atomic mass is 16.5. The second-order valence-electron chi connectivity index (χ2n) is 10.3. The minimum absolute atomic E-state index is 0.766. The first kappa shape index (κ1) is 21.7. The van der Waals surface area contributed by atoms with Crippen LogP contribution in [0.25, 0.3) is 0 Å². The topological polar surface area (TPSA) is 9.23 Å². The zero-order valence-electron chi connectivity index (χ0n) is 18.5. The number of hydrogen-bond acceptors (Lipinski definition) is 1. The van der Waals surface area contributed by atoms with Gasteiger partial charge in [0.05, 0.1) is 0 Å². The van der Waals surface area contributed by atoms with Crippen LogP contribution in [-0.4, -0.2) is 13.7 Å². The standard InChI is InChI=1S/C26H48O/c1-27-22-14-6-4-2-3-5-13-21-26(23-15-7-8-16-23,24-17-9-10-18-24)25-19-11-12-20-25/h23-25H,2-22H2,1H3. The van der Waals surface area contributed by atoms with E-state index in [2.05, 4.69) is 0 Å². The summed E-state index contributed by atoms with van der Waals surface area (Å²) in [6.45, 7) is 0.951. The summed E-state index contributed by atoms with van der Waals surface area (Å²) < 4.78 is 5.17. The van der Waals surface area contributed by atoms with Gasteiger partial charge in [-0.05, 0) is 74.5 Å². The number of methoxy groups -OCH3 is 1. The van der Waals surface area contributed by atoms with E-state index >= 15 is 0 Å². The molecule has 0 bridgehead atoms. The molecule has 3 fully saturated rings. The van der Waals surface area contributed by atoms with Gasteiger partial charge in [0.15, 0.2) is 0 Å². The van der Waals surface area contributed by atoms with Gasteiger partial charge in [-0.15, -0.1) is 0 Å². The summed E-state index contributed by atoms with van der Waals surface area (Å²) in [5.41, 5.74) is 0.766. The molecule has 0 atom stereocenters. The molecule has 0 heterocycles. The second kappa shape index (κ2) is 11.8. The van der Waals surface area contributed by atoms with Gasteiger partial charge in [0.25, 0.3) is 0 Å². The summed E-state index contributed by atoms with van der Waals surface area (Å²) in [6, 6.07) is 0. The van der Waals surface area contributed by atoms with Crippen LogP contribution in [0, 0.1) is 23.2 Å². The molecule has 158 valence electrons. The highest BCUT2D eigenvalue weighted by Crippen LogP contribution is 2.60. The first-order valence-corrected chi connectivity index (χ1v) is 12.9. The molecule has 27 heavy (non-hydrogen) atoms. The quantitative estimate of drug-likeness (QED) is 0.294. The molecule has 0 aliphatic heterocycles. The molecule has 0 aromatic carbocycles. The van der Waals surface area contributed by atoms with Crippen LogP contribution in [0.4, 0.5) is 0 Å². The van der Waals surface area contributed by atoms with E-state index in [1.807, 2.05) is 7.11 Å². The van der Waals surface area contributed by atoms with Crippen molar-refractivity contribution in [1.29, 1.82) is 0 Å². The molecule has 1 heteroatoms. The van der Waals surface area contributed by atoms with E-state index in [1.54, 1.807) is 44.9 Å². The molecular formula is C26H48O. The second-order valence-corrected chi connectivity index (χ2v) is 10.3. The van der Waals surface area contributed by atoms with Crippen molar-refractivity contribution in [1.82, 2.24) is 0 Å². The van der Waals surface area contributed by atoms with Crippen LogP contribution >= 0.6 is 0 Å². The summed E-state index contributed by atoms with van der Waals surface area (Å²) in [5, 5.41) is 0. The minimum Gasteiger partial charge on any atom is -0.385 e. The lowest BCUT2D eigenvalue weighted by Crippen LogP contribution is -2.42. The summed E-state index contributed by atoms with van der Waals surface area (Å²) >= 11 is 0. The maximum Gasteiger partial charge on any atom is 0.0462 e. The highest BCUT2D eigenvalue weighted by Gasteiger charge is 2.51. The van der Waals surface area contributed by atoms with Gasteiger partial charge >= 0.3 is 0 Å². The van der Waals surface area contributed by atoms with Crippen LogP contribution in [0.15, 0.2) is 0 Å². The van der Waals surface area contributed by atoms with Gasteiger partial charge in [-0.1, -0.05) is 77.0 Å². The number of ether oxygens (including phenoxy) is 1. The van der Waals surface area contributed by atoms with Gasteiger partial charge < -0.3 is 4.74 Å². The Morgan fingerprint density at radius 1 is 0.556 bits per heavy atom. The molecule has 0 radical (unpaired) electrons. The molecule has 0 N–H and O–H groups in total. The molecular weight excluding hydrogens is 328 g/mol. The van der Waals surface area contributed by atoms with Crippen LogP contribution in [0.3, 0.4) is 0 Å². The van der Waals surface area contributed by atoms with Crippen LogP contribution in [0.5, 0.6) is 0 Å². The van der Waals surface area contributed by atoms with Crippen LogP contribution < -0.4 is 0 Å². The van der Waals surface area contributed by atoms with Crippen molar-refractivity contribution in [3.8, 4) is 0 Å². The van der Waals surface area contributed by atoms with E-state index < -0.39 is 0 Å². The fourth-order valence-corrected chi connectivity index (χ4v) is 7.56. The van der Waals surface area contributed by atoms with Gasteiger partial charge in [-0.3, -0.25) is 0 Å². The summed E-state index contributed by atoms with van der Waals surface area (Å²) in [4.78, 5) is 0. The first-order chi connectivity index (χ1) is 13.4. The van der Waals surface area contributed by atoms with Crippen LogP contribution in [-0.2, 0) is 4.74 Å². The lowest BCUT2D eigenvalue weighted by molar-refractivity contribution is -0.00658. The normalized spacial score (nSPS) is 23.0. The molecule has 0 spiro atoms. The largest absolute Gasteiger partial charge is 0.385 e. The third-order valence-corrected chi connectivity index (χ3v) is 8.80. The summed E-state index contributed by atoms with van der Waals surface area (Å²) in [7, 11) is 1.82. The third kappa shape index (κ3) is 5.74. The van der Waals surface area contributed by atoms with E-state index in [-0.39, 0.29) is 0 Å². The zero-order valence-corrected chi connectivity index (χ0v) is 18.5. The lowest BCUT2D eigenvalue weighted by atomic mass is 9.55. The Hall–Kier alpha value is -0.0400. The SMILES string of the molecule is COCCCCCCCCCC(C1CCCC1)(C1CCCC1)C1CCCC1. The van der Waals surface area contributed by atoms with Crippen molar-refractivity contribution < 1.29 is 4.74 Å². The molecule has 3 aliphatic rings. The number of hydrogen-bond donors (Lipinski definition) is 0. The predicted molar refractivity (Wildman–Crippen MR) is 117 cm³/mol. The Balaban J connectivity index is 1.51. The van der Waals surface area contributed by atoms with E-state index in [4.69, 9.17) is 4.74 Å². The third-order valence-electron chi connectivity index (χ3n) is 8.80. The molecule has 3 aliphatic carbocycles.